The molecule has 1 saturated carbocycles. The summed E-state index contributed by atoms with van der Waals surface area (Å²) in [7, 11) is 1.54. The highest BCUT2D eigenvalue weighted by atomic mass is 19.4. The summed E-state index contributed by atoms with van der Waals surface area (Å²) < 4.78 is 68.5. The number of aliphatic hydroxyl groups is 1. The second-order valence-electron chi connectivity index (χ2n) is 12.0. The standard InChI is InChI=1S/C25H30F5N3O.C5H9NO2/c1-23(2,3)16-5-7-18(8-6-16)33(4)21(19-15-31-14-11-20(19)25(28,29)30)22(34)32-17-9-12-24(26,27)13-10-17;7-3-4-1-5(8)2-6-4/h5-8,11,14-15,17,21H,9-10,12-13H2,1-4H3,(H,32,34);3-6,8H,1-2H2. The van der Waals surface area contributed by atoms with Crippen LogP contribution in [-0.4, -0.2) is 60.0 Å². The minimum Gasteiger partial charge on any atom is -0.392 e. The van der Waals surface area contributed by atoms with Crippen LogP contribution in [0.3, 0.4) is 0 Å². The average molecular weight is 599 g/mol. The van der Waals surface area contributed by atoms with Crippen LogP contribution in [0.1, 0.15) is 75.6 Å². The van der Waals surface area contributed by atoms with Crippen molar-refractivity contribution in [3.63, 3.8) is 0 Å². The molecule has 3 unspecified atom stereocenters. The van der Waals surface area contributed by atoms with Crippen molar-refractivity contribution in [2.24, 2.45) is 0 Å². The molecule has 42 heavy (non-hydrogen) atoms. The van der Waals surface area contributed by atoms with Crippen LogP contribution in [0.4, 0.5) is 27.6 Å². The number of amides is 1. The number of aromatic nitrogens is 1. The summed E-state index contributed by atoms with van der Waals surface area (Å²) in [5.41, 5.74) is 0.197. The van der Waals surface area contributed by atoms with E-state index in [9.17, 15) is 31.5 Å². The zero-order valence-corrected chi connectivity index (χ0v) is 24.2. The Morgan fingerprint density at radius 3 is 2.24 bits per heavy atom. The summed E-state index contributed by atoms with van der Waals surface area (Å²) in [6, 6.07) is 6.11. The van der Waals surface area contributed by atoms with E-state index in [0.717, 1.165) is 30.3 Å². The van der Waals surface area contributed by atoms with Crippen molar-refractivity contribution in [3.05, 3.63) is 59.4 Å². The fourth-order valence-corrected chi connectivity index (χ4v) is 5.07. The van der Waals surface area contributed by atoms with Crippen LogP contribution in [-0.2, 0) is 21.2 Å². The number of alkyl halides is 5. The molecule has 232 valence electrons. The Kier molecular flexibility index (Phi) is 10.7. The van der Waals surface area contributed by atoms with Gasteiger partial charge in [-0.25, -0.2) is 8.78 Å². The van der Waals surface area contributed by atoms with E-state index in [1.54, 1.807) is 19.2 Å². The third-order valence-electron chi connectivity index (χ3n) is 7.60. The SMILES string of the molecule is CN(c1ccc(C(C)(C)C)cc1)C(C(=O)NC1CCC(F)(F)CC1)c1cnccc1C(F)(F)F.O=CC1CC(O)CN1. The molecule has 2 aliphatic rings. The van der Waals surface area contributed by atoms with E-state index in [1.807, 2.05) is 32.9 Å². The molecule has 0 radical (unpaired) electrons. The molecule has 4 rings (SSSR count). The smallest absolute Gasteiger partial charge is 0.392 e. The summed E-state index contributed by atoms with van der Waals surface area (Å²) in [6.07, 6.45) is -2.14. The predicted molar refractivity (Wildman–Crippen MR) is 149 cm³/mol. The lowest BCUT2D eigenvalue weighted by Crippen LogP contribution is -2.46. The van der Waals surface area contributed by atoms with E-state index >= 15 is 0 Å². The van der Waals surface area contributed by atoms with Crippen LogP contribution in [0.15, 0.2) is 42.7 Å². The molecule has 2 fully saturated rings. The topological polar surface area (TPSA) is 94.6 Å². The van der Waals surface area contributed by atoms with Gasteiger partial charge in [-0.1, -0.05) is 32.9 Å². The minimum absolute atomic E-state index is 0.0641. The van der Waals surface area contributed by atoms with Gasteiger partial charge in [-0.15, -0.1) is 0 Å². The molecule has 1 saturated heterocycles. The lowest BCUT2D eigenvalue weighted by molar-refractivity contribution is -0.138. The molecular weight excluding hydrogens is 559 g/mol. The van der Waals surface area contributed by atoms with E-state index in [4.69, 9.17) is 5.11 Å². The van der Waals surface area contributed by atoms with Crippen molar-refractivity contribution < 1.29 is 36.6 Å². The largest absolute Gasteiger partial charge is 0.416 e. The van der Waals surface area contributed by atoms with E-state index in [1.165, 1.54) is 4.90 Å². The van der Waals surface area contributed by atoms with Crippen molar-refractivity contribution in [2.45, 2.75) is 94.6 Å². The third kappa shape index (κ3) is 8.94. The lowest BCUT2D eigenvalue weighted by atomic mass is 9.87. The van der Waals surface area contributed by atoms with E-state index < -0.39 is 35.7 Å². The van der Waals surface area contributed by atoms with Crippen LogP contribution < -0.4 is 15.5 Å². The van der Waals surface area contributed by atoms with Gasteiger partial charge in [0, 0.05) is 56.1 Å². The summed E-state index contributed by atoms with van der Waals surface area (Å²) in [4.78, 5) is 28.6. The number of rotatable bonds is 6. The van der Waals surface area contributed by atoms with Gasteiger partial charge >= 0.3 is 6.18 Å². The number of aliphatic hydroxyl groups excluding tert-OH is 1. The predicted octanol–water partition coefficient (Wildman–Crippen LogP) is 5.18. The summed E-state index contributed by atoms with van der Waals surface area (Å²) in [5.74, 6) is -3.46. The quantitative estimate of drug-likeness (QED) is 0.314. The van der Waals surface area contributed by atoms with Crippen LogP contribution in [0, 0.1) is 0 Å². The first-order valence-electron chi connectivity index (χ1n) is 13.9. The number of aldehydes is 1. The van der Waals surface area contributed by atoms with Crippen molar-refractivity contribution in [3.8, 4) is 0 Å². The Bertz CT molecular complexity index is 1190. The minimum atomic E-state index is -4.69. The number of carbonyl (C=O) groups is 2. The molecule has 1 aliphatic carbocycles. The molecule has 1 amide bonds. The number of pyridine rings is 1. The molecule has 2 aromatic rings. The Hall–Kier alpha value is -3.12. The molecule has 1 aliphatic heterocycles. The zero-order chi connectivity index (χ0) is 31.3. The first-order valence-corrected chi connectivity index (χ1v) is 13.9. The van der Waals surface area contributed by atoms with Crippen molar-refractivity contribution >= 4 is 17.9 Å². The van der Waals surface area contributed by atoms with E-state index in [-0.39, 0.29) is 48.8 Å². The van der Waals surface area contributed by atoms with Gasteiger partial charge in [0.05, 0.1) is 17.7 Å². The van der Waals surface area contributed by atoms with Crippen LogP contribution in [0.2, 0.25) is 0 Å². The van der Waals surface area contributed by atoms with E-state index in [0.29, 0.717) is 18.7 Å². The molecule has 1 aromatic carbocycles. The molecule has 12 heteroatoms. The fraction of sp³-hybridized carbons (Fsp3) is 0.567. The van der Waals surface area contributed by atoms with Gasteiger partial charge < -0.3 is 25.4 Å². The zero-order valence-electron chi connectivity index (χ0n) is 24.2. The Morgan fingerprint density at radius 2 is 1.76 bits per heavy atom. The third-order valence-corrected chi connectivity index (χ3v) is 7.60. The lowest BCUT2D eigenvalue weighted by Gasteiger charge is -2.34. The summed E-state index contributed by atoms with van der Waals surface area (Å²) >= 11 is 0. The molecule has 3 N–H and O–H groups in total. The number of benzene rings is 1. The molecule has 2 heterocycles. The summed E-state index contributed by atoms with van der Waals surface area (Å²) in [6.45, 7) is 6.69. The van der Waals surface area contributed by atoms with Gasteiger partial charge in [-0.05, 0) is 48.4 Å². The maximum Gasteiger partial charge on any atom is 0.416 e. The number of carbonyl (C=O) groups excluding carboxylic acids is 2. The Morgan fingerprint density at radius 1 is 1.14 bits per heavy atom. The van der Waals surface area contributed by atoms with Gasteiger partial charge in [-0.3, -0.25) is 9.78 Å². The Labute approximate surface area is 242 Å². The second kappa shape index (κ2) is 13.5. The fourth-order valence-electron chi connectivity index (χ4n) is 5.07. The van der Waals surface area contributed by atoms with Gasteiger partial charge in [0.25, 0.3) is 0 Å². The highest BCUT2D eigenvalue weighted by Gasteiger charge is 2.40. The maximum atomic E-state index is 13.8. The number of nitrogens with one attached hydrogen (secondary N) is 2. The Balaban J connectivity index is 0.000000521. The van der Waals surface area contributed by atoms with Crippen molar-refractivity contribution in [2.75, 3.05) is 18.5 Å². The molecular formula is C30H39F5N4O3. The van der Waals surface area contributed by atoms with E-state index in [2.05, 4.69) is 15.6 Å². The maximum absolute atomic E-state index is 13.8. The molecule has 1 aromatic heterocycles. The molecule has 3 atom stereocenters. The monoisotopic (exact) mass is 598 g/mol. The highest BCUT2D eigenvalue weighted by Crippen LogP contribution is 2.38. The molecule has 7 nitrogen and oxygen atoms in total. The van der Waals surface area contributed by atoms with Crippen LogP contribution in [0.25, 0.3) is 0 Å². The summed E-state index contributed by atoms with van der Waals surface area (Å²) in [5, 5.41) is 14.4. The number of nitrogens with zero attached hydrogens (tertiary/aromatic N) is 2. The molecule has 0 bridgehead atoms. The van der Waals surface area contributed by atoms with Gasteiger partial charge in [0.15, 0.2) is 0 Å². The number of hydrogen-bond donors (Lipinski definition) is 3. The van der Waals surface area contributed by atoms with Crippen molar-refractivity contribution in [1.29, 1.82) is 0 Å². The average Bonchev–Trinajstić information content (AvgIpc) is 3.35. The number of halogens is 5. The van der Waals surface area contributed by atoms with Gasteiger partial charge in [0.1, 0.15) is 12.3 Å². The number of β-amino-alcohol motifs (C(OH)–C–C–N with tert-alkyl or cyclic N) is 1. The van der Waals surface area contributed by atoms with Gasteiger partial charge in [0.2, 0.25) is 11.8 Å². The van der Waals surface area contributed by atoms with Crippen molar-refractivity contribution in [1.82, 2.24) is 15.6 Å². The number of hydrogen-bond acceptors (Lipinski definition) is 6. The first-order chi connectivity index (χ1) is 19.5. The first kappa shape index (κ1) is 33.4. The second-order valence-corrected chi connectivity index (χ2v) is 12.0. The number of likely N-dealkylation sites (N-methyl/N-ethyl adjacent to an activating group) is 1. The van der Waals surface area contributed by atoms with Crippen LogP contribution in [0.5, 0.6) is 0 Å². The normalized spacial score (nSPS) is 21.6. The van der Waals surface area contributed by atoms with Gasteiger partial charge in [-0.2, -0.15) is 13.2 Å². The number of anilines is 1. The van der Waals surface area contributed by atoms with Crippen LogP contribution >= 0.6 is 0 Å². The molecule has 0 spiro atoms. The highest BCUT2D eigenvalue weighted by molar-refractivity contribution is 5.87.